The molecule has 21 heavy (non-hydrogen) atoms. The second-order valence-electron chi connectivity index (χ2n) is 6.34. The number of hydrogen-bond acceptors (Lipinski definition) is 4. The van der Waals surface area contributed by atoms with Gasteiger partial charge in [-0.1, -0.05) is 33.6 Å². The van der Waals surface area contributed by atoms with Crippen LogP contribution in [-0.2, 0) is 4.74 Å². The van der Waals surface area contributed by atoms with E-state index in [1.165, 1.54) is 31.4 Å². The Morgan fingerprint density at radius 3 is 2.57 bits per heavy atom. The summed E-state index contributed by atoms with van der Waals surface area (Å²) in [6.07, 6.45) is 6.20. The first-order valence-electron chi connectivity index (χ1n) is 8.31. The van der Waals surface area contributed by atoms with Gasteiger partial charge in [0.15, 0.2) is 5.82 Å². The van der Waals surface area contributed by atoms with Gasteiger partial charge < -0.3 is 10.1 Å². The van der Waals surface area contributed by atoms with Crippen LogP contribution in [0.15, 0.2) is 6.07 Å². The van der Waals surface area contributed by atoms with Gasteiger partial charge in [-0.3, -0.25) is 0 Å². The fourth-order valence-corrected chi connectivity index (χ4v) is 3.06. The van der Waals surface area contributed by atoms with E-state index in [4.69, 9.17) is 9.72 Å². The van der Waals surface area contributed by atoms with Gasteiger partial charge in [-0.25, -0.2) is 9.97 Å². The predicted octanol–water partition coefficient (Wildman–Crippen LogP) is 4.30. The van der Waals surface area contributed by atoms with Crippen molar-refractivity contribution in [2.45, 2.75) is 64.9 Å². The van der Waals surface area contributed by atoms with Crippen LogP contribution in [0.4, 0.5) is 5.82 Å². The molecule has 0 bridgehead atoms. The number of nitrogens with one attached hydrogen (secondary N) is 1. The average Bonchev–Trinajstić information content (AvgIpc) is 2.99. The summed E-state index contributed by atoms with van der Waals surface area (Å²) < 4.78 is 5.62. The van der Waals surface area contributed by atoms with Crippen LogP contribution in [-0.4, -0.2) is 23.6 Å². The third-order valence-corrected chi connectivity index (χ3v) is 4.21. The lowest BCUT2D eigenvalue weighted by Gasteiger charge is -2.20. The molecule has 0 spiro atoms. The topological polar surface area (TPSA) is 47.0 Å². The molecule has 4 heteroatoms. The average molecular weight is 291 g/mol. The highest BCUT2D eigenvalue weighted by Crippen LogP contribution is 2.35. The molecule has 1 aliphatic carbocycles. The van der Waals surface area contributed by atoms with E-state index in [9.17, 15) is 0 Å². The Balaban J connectivity index is 2.31. The lowest BCUT2D eigenvalue weighted by Crippen LogP contribution is -2.16. The van der Waals surface area contributed by atoms with Gasteiger partial charge >= 0.3 is 0 Å². The Hall–Kier alpha value is -1.16. The summed E-state index contributed by atoms with van der Waals surface area (Å²) in [4.78, 5) is 9.53. The molecular formula is C17H29N3O. The Morgan fingerprint density at radius 2 is 2.00 bits per heavy atom. The molecule has 1 unspecified atom stereocenters. The SMILES string of the molecule is CCCNc1cc(C2CCCC2)nc(C(OC)C(C)C)n1. The zero-order valence-electron chi connectivity index (χ0n) is 13.9. The van der Waals surface area contributed by atoms with Gasteiger partial charge in [0.05, 0.1) is 0 Å². The molecule has 0 radical (unpaired) electrons. The molecule has 4 nitrogen and oxygen atoms in total. The Bertz CT molecular complexity index is 442. The fraction of sp³-hybridized carbons (Fsp3) is 0.765. The minimum absolute atomic E-state index is 0.0338. The molecule has 2 rings (SSSR count). The summed E-state index contributed by atoms with van der Waals surface area (Å²) in [5, 5.41) is 3.41. The van der Waals surface area contributed by atoms with E-state index in [0.717, 1.165) is 24.6 Å². The van der Waals surface area contributed by atoms with Crippen molar-refractivity contribution in [1.82, 2.24) is 9.97 Å². The lowest BCUT2D eigenvalue weighted by atomic mass is 10.0. The van der Waals surface area contributed by atoms with Gasteiger partial charge in [-0.2, -0.15) is 0 Å². The zero-order chi connectivity index (χ0) is 15.2. The van der Waals surface area contributed by atoms with E-state index in [1.54, 1.807) is 7.11 Å². The molecule has 1 aromatic rings. The van der Waals surface area contributed by atoms with Gasteiger partial charge in [0.2, 0.25) is 0 Å². The van der Waals surface area contributed by atoms with Crippen molar-refractivity contribution in [3.8, 4) is 0 Å². The molecule has 0 amide bonds. The maximum Gasteiger partial charge on any atom is 0.159 e. The van der Waals surface area contributed by atoms with Crippen LogP contribution in [0.3, 0.4) is 0 Å². The van der Waals surface area contributed by atoms with E-state index < -0.39 is 0 Å². The first-order valence-corrected chi connectivity index (χ1v) is 8.31. The highest BCUT2D eigenvalue weighted by molar-refractivity contribution is 5.37. The summed E-state index contributed by atoms with van der Waals surface area (Å²) >= 11 is 0. The third-order valence-electron chi connectivity index (χ3n) is 4.21. The zero-order valence-corrected chi connectivity index (χ0v) is 13.9. The second kappa shape index (κ2) is 7.74. The van der Waals surface area contributed by atoms with Crippen molar-refractivity contribution in [2.75, 3.05) is 19.0 Å². The van der Waals surface area contributed by atoms with Crippen molar-refractivity contribution < 1.29 is 4.74 Å². The van der Waals surface area contributed by atoms with E-state index in [2.05, 4.69) is 37.1 Å². The smallest absolute Gasteiger partial charge is 0.159 e. The van der Waals surface area contributed by atoms with Gasteiger partial charge in [-0.15, -0.1) is 0 Å². The number of hydrogen-bond donors (Lipinski definition) is 1. The maximum atomic E-state index is 5.62. The van der Waals surface area contributed by atoms with Crippen LogP contribution >= 0.6 is 0 Å². The van der Waals surface area contributed by atoms with Crippen molar-refractivity contribution in [1.29, 1.82) is 0 Å². The highest BCUT2D eigenvalue weighted by atomic mass is 16.5. The number of nitrogens with zero attached hydrogens (tertiary/aromatic N) is 2. The summed E-state index contributed by atoms with van der Waals surface area (Å²) in [6.45, 7) is 7.41. The van der Waals surface area contributed by atoms with Crippen molar-refractivity contribution in [3.63, 3.8) is 0 Å². The minimum Gasteiger partial charge on any atom is -0.373 e. The molecule has 1 atom stereocenters. The number of methoxy groups -OCH3 is 1. The molecule has 0 aromatic carbocycles. The molecule has 1 heterocycles. The maximum absolute atomic E-state index is 5.62. The Morgan fingerprint density at radius 1 is 1.29 bits per heavy atom. The molecule has 1 saturated carbocycles. The number of aromatic nitrogens is 2. The van der Waals surface area contributed by atoms with Crippen molar-refractivity contribution in [3.05, 3.63) is 17.6 Å². The van der Waals surface area contributed by atoms with Crippen LogP contribution < -0.4 is 5.32 Å². The van der Waals surface area contributed by atoms with Crippen LogP contribution in [0.25, 0.3) is 0 Å². The minimum atomic E-state index is -0.0338. The molecule has 0 aliphatic heterocycles. The number of ether oxygens (including phenoxy) is 1. The lowest BCUT2D eigenvalue weighted by molar-refractivity contribution is 0.0573. The van der Waals surface area contributed by atoms with Crippen LogP contribution in [0.2, 0.25) is 0 Å². The van der Waals surface area contributed by atoms with E-state index in [1.807, 2.05) is 0 Å². The second-order valence-corrected chi connectivity index (χ2v) is 6.34. The Kier molecular flexibility index (Phi) is 5.97. The van der Waals surface area contributed by atoms with Crippen LogP contribution in [0, 0.1) is 5.92 Å². The molecule has 1 N–H and O–H groups in total. The molecule has 0 saturated heterocycles. The first kappa shape index (κ1) is 16.2. The van der Waals surface area contributed by atoms with Crippen molar-refractivity contribution >= 4 is 5.82 Å². The molecule has 118 valence electrons. The molecule has 1 fully saturated rings. The summed E-state index contributed by atoms with van der Waals surface area (Å²) in [5.41, 5.74) is 1.19. The predicted molar refractivity (Wildman–Crippen MR) is 86.6 cm³/mol. The third kappa shape index (κ3) is 4.16. The van der Waals surface area contributed by atoms with Crippen molar-refractivity contribution in [2.24, 2.45) is 5.92 Å². The number of anilines is 1. The van der Waals surface area contributed by atoms with Gasteiger partial charge in [0, 0.05) is 31.3 Å². The molecule has 1 aromatic heterocycles. The van der Waals surface area contributed by atoms with E-state index >= 15 is 0 Å². The quantitative estimate of drug-likeness (QED) is 0.813. The fourth-order valence-electron chi connectivity index (χ4n) is 3.06. The highest BCUT2D eigenvalue weighted by Gasteiger charge is 2.24. The van der Waals surface area contributed by atoms with Gasteiger partial charge in [-0.05, 0) is 25.2 Å². The Labute approximate surface area is 128 Å². The molecule has 1 aliphatic rings. The summed E-state index contributed by atoms with van der Waals surface area (Å²) in [5.74, 6) is 2.74. The van der Waals surface area contributed by atoms with E-state index in [-0.39, 0.29) is 6.10 Å². The van der Waals surface area contributed by atoms with Crippen LogP contribution in [0.1, 0.15) is 76.4 Å². The summed E-state index contributed by atoms with van der Waals surface area (Å²) in [7, 11) is 1.75. The number of rotatable bonds is 7. The van der Waals surface area contributed by atoms with Gasteiger partial charge in [0.1, 0.15) is 11.9 Å². The van der Waals surface area contributed by atoms with Crippen LogP contribution in [0.5, 0.6) is 0 Å². The van der Waals surface area contributed by atoms with E-state index in [0.29, 0.717) is 11.8 Å². The largest absolute Gasteiger partial charge is 0.373 e. The monoisotopic (exact) mass is 291 g/mol. The normalized spacial score (nSPS) is 17.4. The first-order chi connectivity index (χ1) is 10.2. The molecular weight excluding hydrogens is 262 g/mol. The standard InChI is InChI=1S/C17H29N3O/c1-5-10-18-15-11-14(13-8-6-7-9-13)19-17(20-15)16(21-4)12(2)3/h11-13,16H,5-10H2,1-4H3,(H,18,19,20). The van der Waals surface area contributed by atoms with Gasteiger partial charge in [0.25, 0.3) is 0 Å². The summed E-state index contributed by atoms with van der Waals surface area (Å²) in [6, 6.07) is 2.14.